The van der Waals surface area contributed by atoms with E-state index in [1.165, 1.54) is 41.6 Å². The number of nitro benzene ring substituents is 1. The lowest BCUT2D eigenvalue weighted by atomic mass is 9.96. The number of nitrogens with one attached hydrogen (secondary N) is 2. The summed E-state index contributed by atoms with van der Waals surface area (Å²) < 4.78 is 6.01. The molecule has 38 heavy (non-hydrogen) atoms. The van der Waals surface area contributed by atoms with Gasteiger partial charge in [0.25, 0.3) is 11.6 Å². The third kappa shape index (κ3) is 5.40. The molecule has 0 fully saturated rings. The fraction of sp³-hybridized carbons (Fsp3) is 0.241. The molecule has 1 aromatic heterocycles. The summed E-state index contributed by atoms with van der Waals surface area (Å²) in [5.41, 5.74) is 4.81. The number of hydrogen-bond donors (Lipinski definition) is 2. The minimum atomic E-state index is -0.653. The second kappa shape index (κ2) is 11.1. The molecule has 0 radical (unpaired) electrons. The van der Waals surface area contributed by atoms with Gasteiger partial charge in [-0.3, -0.25) is 19.7 Å². The maximum absolute atomic E-state index is 12.9. The number of nitrogens with zero attached hydrogens (tertiary/aromatic N) is 1. The molecule has 0 atom stereocenters. The lowest BCUT2D eigenvalue weighted by Gasteiger charge is -2.11. The predicted octanol–water partition coefficient (Wildman–Crippen LogP) is 5.84. The zero-order valence-corrected chi connectivity index (χ0v) is 21.3. The Labute approximate surface area is 224 Å². The van der Waals surface area contributed by atoms with Crippen LogP contribution in [-0.2, 0) is 19.3 Å². The molecule has 2 N–H and O–H groups in total. The highest BCUT2D eigenvalue weighted by molar-refractivity contribution is 6.32. The molecule has 0 aliphatic heterocycles. The van der Waals surface area contributed by atoms with Crippen LogP contribution in [-0.4, -0.2) is 34.7 Å². The van der Waals surface area contributed by atoms with Crippen molar-refractivity contribution in [2.75, 3.05) is 13.2 Å². The first kappa shape index (κ1) is 25.5. The molecular weight excluding hydrogens is 506 g/mol. The Balaban J connectivity index is 1.20. The number of carbonyl (C=O) groups excluding carboxylic acids is 2. The molecule has 4 aromatic rings. The molecule has 5 rings (SSSR count). The zero-order chi connectivity index (χ0) is 26.6. The lowest BCUT2D eigenvalue weighted by molar-refractivity contribution is -0.384. The molecular formula is C29H26ClN3O5. The smallest absolute Gasteiger partial charge is 0.288 e. The maximum Gasteiger partial charge on any atom is 0.288 e. The first-order valence-corrected chi connectivity index (χ1v) is 12.9. The fourth-order valence-electron chi connectivity index (χ4n) is 4.91. The highest BCUT2D eigenvalue weighted by Gasteiger charge is 2.18. The predicted molar refractivity (Wildman–Crippen MR) is 145 cm³/mol. The third-order valence-corrected chi connectivity index (χ3v) is 7.17. The Morgan fingerprint density at radius 3 is 2.71 bits per heavy atom. The summed E-state index contributed by atoms with van der Waals surface area (Å²) >= 11 is 5.81. The Morgan fingerprint density at radius 2 is 1.87 bits per heavy atom. The van der Waals surface area contributed by atoms with Crippen LogP contribution in [0.3, 0.4) is 0 Å². The summed E-state index contributed by atoms with van der Waals surface area (Å²) in [7, 11) is 0. The fourth-order valence-corrected chi connectivity index (χ4v) is 5.09. The van der Waals surface area contributed by atoms with Crippen LogP contribution in [0.1, 0.15) is 50.4 Å². The van der Waals surface area contributed by atoms with E-state index in [9.17, 15) is 19.7 Å². The molecule has 3 aromatic carbocycles. The number of fused-ring (bicyclic) bond motifs is 3. The Morgan fingerprint density at radius 1 is 1.05 bits per heavy atom. The summed E-state index contributed by atoms with van der Waals surface area (Å²) in [6.07, 6.45) is 5.14. The second-order valence-corrected chi connectivity index (χ2v) is 9.69. The molecule has 0 bridgehead atoms. The standard InChI is InChI=1S/C29H26ClN3O5/c30-24-12-9-19(15-27(24)33(36)37)28(34)17-31-29(35)21-6-2-1-5-18(21)13-14-38-20-10-11-23-22-7-3-4-8-25(22)32-26(23)16-20/h1-2,5-6,9-12,15-16,32H,3-4,7-8,13-14,17H2,(H,31,35). The van der Waals surface area contributed by atoms with E-state index in [0.717, 1.165) is 35.7 Å². The number of aryl methyl sites for hydroxylation is 2. The number of amides is 1. The number of aromatic nitrogens is 1. The molecule has 0 saturated carbocycles. The molecule has 0 saturated heterocycles. The highest BCUT2D eigenvalue weighted by atomic mass is 35.5. The summed E-state index contributed by atoms with van der Waals surface area (Å²) in [6, 6.07) is 17.1. The van der Waals surface area contributed by atoms with Crippen molar-refractivity contribution < 1.29 is 19.2 Å². The van der Waals surface area contributed by atoms with Gasteiger partial charge in [-0.15, -0.1) is 0 Å². The van der Waals surface area contributed by atoms with E-state index in [1.807, 2.05) is 24.3 Å². The van der Waals surface area contributed by atoms with E-state index < -0.39 is 16.6 Å². The lowest BCUT2D eigenvalue weighted by Crippen LogP contribution is -2.30. The quantitative estimate of drug-likeness (QED) is 0.160. The van der Waals surface area contributed by atoms with Gasteiger partial charge in [-0.1, -0.05) is 29.8 Å². The molecule has 9 heteroatoms. The van der Waals surface area contributed by atoms with Crippen molar-refractivity contribution >= 4 is 39.9 Å². The Hall–Kier alpha value is -4.17. The first-order valence-electron chi connectivity index (χ1n) is 12.5. The van der Waals surface area contributed by atoms with Crippen LogP contribution < -0.4 is 10.1 Å². The molecule has 1 aliphatic rings. The van der Waals surface area contributed by atoms with E-state index in [-0.39, 0.29) is 22.8 Å². The van der Waals surface area contributed by atoms with Gasteiger partial charge < -0.3 is 15.0 Å². The van der Waals surface area contributed by atoms with Gasteiger partial charge in [-0.25, -0.2) is 0 Å². The average molecular weight is 532 g/mol. The number of H-pyrrole nitrogens is 1. The van der Waals surface area contributed by atoms with Crippen molar-refractivity contribution in [2.24, 2.45) is 0 Å². The van der Waals surface area contributed by atoms with Crippen LogP contribution in [0.15, 0.2) is 60.7 Å². The van der Waals surface area contributed by atoms with Gasteiger partial charge >= 0.3 is 0 Å². The van der Waals surface area contributed by atoms with Crippen LogP contribution in [0, 0.1) is 10.1 Å². The van der Waals surface area contributed by atoms with E-state index in [0.29, 0.717) is 18.6 Å². The largest absolute Gasteiger partial charge is 0.493 e. The van der Waals surface area contributed by atoms with Crippen molar-refractivity contribution in [2.45, 2.75) is 32.1 Å². The minimum Gasteiger partial charge on any atom is -0.493 e. The molecule has 1 aliphatic carbocycles. The number of ketones is 1. The van der Waals surface area contributed by atoms with Crippen molar-refractivity contribution in [1.29, 1.82) is 0 Å². The molecule has 8 nitrogen and oxygen atoms in total. The third-order valence-electron chi connectivity index (χ3n) is 6.85. The number of carbonyl (C=O) groups is 2. The summed E-state index contributed by atoms with van der Waals surface area (Å²) in [5, 5.41) is 14.9. The minimum absolute atomic E-state index is 0.0568. The van der Waals surface area contributed by atoms with Crippen molar-refractivity contribution in [3.8, 4) is 5.75 Å². The summed E-state index contributed by atoms with van der Waals surface area (Å²) in [4.78, 5) is 39.4. The van der Waals surface area contributed by atoms with Crippen LogP contribution in [0.4, 0.5) is 5.69 Å². The number of ether oxygens (including phenoxy) is 1. The van der Waals surface area contributed by atoms with Gasteiger partial charge in [-0.05, 0) is 67.1 Å². The first-order chi connectivity index (χ1) is 18.4. The molecule has 194 valence electrons. The number of Topliss-reactive ketones (excluding diaryl/α,β-unsaturated/α-hetero) is 1. The van der Waals surface area contributed by atoms with E-state index >= 15 is 0 Å². The topological polar surface area (TPSA) is 114 Å². The van der Waals surface area contributed by atoms with Crippen LogP contribution in [0.5, 0.6) is 5.75 Å². The number of aromatic amines is 1. The van der Waals surface area contributed by atoms with Gasteiger partial charge in [0.15, 0.2) is 5.78 Å². The second-order valence-electron chi connectivity index (χ2n) is 9.28. The normalized spacial score (nSPS) is 12.7. The van der Waals surface area contributed by atoms with Crippen LogP contribution in [0.2, 0.25) is 5.02 Å². The summed E-state index contributed by atoms with van der Waals surface area (Å²) in [5.74, 6) is -0.100. The monoisotopic (exact) mass is 531 g/mol. The van der Waals surface area contributed by atoms with E-state index in [1.54, 1.807) is 12.1 Å². The summed E-state index contributed by atoms with van der Waals surface area (Å²) in [6.45, 7) is 0.0756. The Bertz CT molecular complexity index is 1540. The number of nitro groups is 1. The van der Waals surface area contributed by atoms with Crippen molar-refractivity contribution in [3.05, 3.63) is 104 Å². The van der Waals surface area contributed by atoms with Crippen molar-refractivity contribution in [1.82, 2.24) is 10.3 Å². The van der Waals surface area contributed by atoms with Gasteiger partial charge in [0.2, 0.25) is 0 Å². The van der Waals surface area contributed by atoms with Gasteiger partial charge in [0.1, 0.15) is 10.8 Å². The number of halogens is 1. The van der Waals surface area contributed by atoms with E-state index in [4.69, 9.17) is 16.3 Å². The van der Waals surface area contributed by atoms with Crippen LogP contribution in [0.25, 0.3) is 10.9 Å². The zero-order valence-electron chi connectivity index (χ0n) is 20.6. The molecule has 1 amide bonds. The van der Waals surface area contributed by atoms with Gasteiger partial charge in [-0.2, -0.15) is 0 Å². The average Bonchev–Trinajstić information content (AvgIpc) is 3.29. The SMILES string of the molecule is O=C(CNC(=O)c1ccccc1CCOc1ccc2c3c([nH]c2c1)CCCC3)c1ccc(Cl)c([N+](=O)[O-])c1. The van der Waals surface area contributed by atoms with Crippen molar-refractivity contribution in [3.63, 3.8) is 0 Å². The van der Waals surface area contributed by atoms with Gasteiger partial charge in [0.05, 0.1) is 18.1 Å². The molecule has 0 unspecified atom stereocenters. The highest BCUT2D eigenvalue weighted by Crippen LogP contribution is 2.31. The van der Waals surface area contributed by atoms with Gasteiger partial charge in [0, 0.05) is 46.3 Å². The van der Waals surface area contributed by atoms with E-state index in [2.05, 4.69) is 16.4 Å². The maximum atomic E-state index is 12.9. The van der Waals surface area contributed by atoms with Crippen LogP contribution >= 0.6 is 11.6 Å². The number of benzene rings is 3. The Kier molecular flexibility index (Phi) is 7.42. The number of hydrogen-bond acceptors (Lipinski definition) is 5. The molecule has 1 heterocycles. The number of rotatable bonds is 9. The molecule has 0 spiro atoms.